The standard InChI is InChI=1S/C19H28N2O/c1-21(18-6-3-2-4-7-18)11-5-10-20-19(22)14-17-13-15-8-9-16(17)12-15/h2-4,6-7,15-17H,5,8-14H2,1H3,(H,20,22)/t15-,16-,17+/m0/s1. The predicted molar refractivity (Wildman–Crippen MR) is 90.9 cm³/mol. The first-order valence-electron chi connectivity index (χ1n) is 8.75. The SMILES string of the molecule is CN(CCCNC(=O)C[C@H]1C[C@H]2CC[C@H]1C2)c1ccccc1. The van der Waals surface area contributed by atoms with E-state index in [1.165, 1.54) is 31.4 Å². The van der Waals surface area contributed by atoms with Crippen LogP contribution in [0.2, 0.25) is 0 Å². The van der Waals surface area contributed by atoms with Crippen LogP contribution in [0.5, 0.6) is 0 Å². The Hall–Kier alpha value is -1.51. The van der Waals surface area contributed by atoms with Crippen LogP contribution in [-0.2, 0) is 4.79 Å². The molecule has 0 aliphatic heterocycles. The second kappa shape index (κ2) is 7.17. The summed E-state index contributed by atoms with van der Waals surface area (Å²) < 4.78 is 0. The third kappa shape index (κ3) is 3.82. The van der Waals surface area contributed by atoms with Crippen molar-refractivity contribution in [2.45, 2.75) is 38.5 Å². The maximum absolute atomic E-state index is 12.1. The highest BCUT2D eigenvalue weighted by Gasteiger charge is 2.39. The van der Waals surface area contributed by atoms with Gasteiger partial charge in [0.25, 0.3) is 0 Å². The number of para-hydroxylation sites is 1. The third-order valence-corrected chi connectivity index (χ3v) is 5.52. The zero-order chi connectivity index (χ0) is 15.4. The summed E-state index contributed by atoms with van der Waals surface area (Å²) in [6, 6.07) is 10.4. The lowest BCUT2D eigenvalue weighted by atomic mass is 9.86. The Morgan fingerprint density at radius 2 is 2.05 bits per heavy atom. The molecular formula is C19H28N2O. The highest BCUT2D eigenvalue weighted by atomic mass is 16.1. The zero-order valence-corrected chi connectivity index (χ0v) is 13.6. The van der Waals surface area contributed by atoms with Crippen molar-refractivity contribution in [2.24, 2.45) is 17.8 Å². The first-order chi connectivity index (χ1) is 10.7. The second-order valence-corrected chi connectivity index (χ2v) is 7.10. The number of fused-ring (bicyclic) bond motifs is 2. The Bertz CT molecular complexity index is 487. The Labute approximate surface area is 134 Å². The van der Waals surface area contributed by atoms with E-state index in [4.69, 9.17) is 0 Å². The van der Waals surface area contributed by atoms with Crippen molar-refractivity contribution in [1.82, 2.24) is 5.32 Å². The van der Waals surface area contributed by atoms with E-state index in [0.29, 0.717) is 5.92 Å². The second-order valence-electron chi connectivity index (χ2n) is 7.10. The van der Waals surface area contributed by atoms with Gasteiger partial charge in [0.15, 0.2) is 0 Å². The average Bonchev–Trinajstić information content (AvgIpc) is 3.15. The summed E-state index contributed by atoms with van der Waals surface area (Å²) in [6.45, 7) is 1.76. The molecule has 0 heterocycles. The highest BCUT2D eigenvalue weighted by Crippen LogP contribution is 2.49. The van der Waals surface area contributed by atoms with Crippen LogP contribution in [0.15, 0.2) is 30.3 Å². The van der Waals surface area contributed by atoms with E-state index in [1.807, 2.05) is 6.07 Å². The van der Waals surface area contributed by atoms with Crippen LogP contribution >= 0.6 is 0 Å². The summed E-state index contributed by atoms with van der Waals surface area (Å²) in [4.78, 5) is 14.3. The molecule has 2 aliphatic rings. The molecule has 1 N–H and O–H groups in total. The molecule has 2 aliphatic carbocycles. The number of amides is 1. The lowest BCUT2D eigenvalue weighted by Crippen LogP contribution is -2.30. The smallest absolute Gasteiger partial charge is 0.220 e. The molecule has 1 amide bonds. The van der Waals surface area contributed by atoms with E-state index in [0.717, 1.165) is 37.8 Å². The molecule has 120 valence electrons. The molecular weight excluding hydrogens is 272 g/mol. The van der Waals surface area contributed by atoms with Gasteiger partial charge in [-0.3, -0.25) is 4.79 Å². The fourth-order valence-corrected chi connectivity index (χ4v) is 4.29. The molecule has 0 unspecified atom stereocenters. The topological polar surface area (TPSA) is 32.3 Å². The zero-order valence-electron chi connectivity index (χ0n) is 13.6. The number of hydrogen-bond acceptors (Lipinski definition) is 2. The molecule has 0 spiro atoms. The van der Waals surface area contributed by atoms with Crippen molar-refractivity contribution in [3.63, 3.8) is 0 Å². The molecule has 3 rings (SSSR count). The first kappa shape index (κ1) is 15.4. The van der Waals surface area contributed by atoms with Gasteiger partial charge in [-0.05, 0) is 55.6 Å². The molecule has 22 heavy (non-hydrogen) atoms. The van der Waals surface area contributed by atoms with Crippen LogP contribution in [0.3, 0.4) is 0 Å². The van der Waals surface area contributed by atoms with Gasteiger partial charge in [0.1, 0.15) is 0 Å². The fraction of sp³-hybridized carbons (Fsp3) is 0.632. The first-order valence-corrected chi connectivity index (χ1v) is 8.75. The van der Waals surface area contributed by atoms with Crippen molar-refractivity contribution in [3.05, 3.63) is 30.3 Å². The molecule has 2 saturated carbocycles. The summed E-state index contributed by atoms with van der Waals surface area (Å²) in [5.74, 6) is 2.72. The summed E-state index contributed by atoms with van der Waals surface area (Å²) >= 11 is 0. The van der Waals surface area contributed by atoms with Gasteiger partial charge in [-0.2, -0.15) is 0 Å². The van der Waals surface area contributed by atoms with Crippen LogP contribution in [0, 0.1) is 17.8 Å². The molecule has 1 aromatic rings. The molecule has 3 heteroatoms. The van der Waals surface area contributed by atoms with Crippen LogP contribution in [0.1, 0.15) is 38.5 Å². The number of benzene rings is 1. The van der Waals surface area contributed by atoms with E-state index < -0.39 is 0 Å². The van der Waals surface area contributed by atoms with Crippen LogP contribution in [0.4, 0.5) is 5.69 Å². The normalized spacial score (nSPS) is 26.1. The van der Waals surface area contributed by atoms with E-state index in [9.17, 15) is 4.79 Å². The monoisotopic (exact) mass is 300 g/mol. The van der Waals surface area contributed by atoms with E-state index in [1.54, 1.807) is 0 Å². The van der Waals surface area contributed by atoms with E-state index in [2.05, 4.69) is 41.5 Å². The van der Waals surface area contributed by atoms with Crippen LogP contribution < -0.4 is 10.2 Å². The number of nitrogens with zero attached hydrogens (tertiary/aromatic N) is 1. The number of carbonyl (C=O) groups excluding carboxylic acids is 1. The molecule has 1 aromatic carbocycles. The summed E-state index contributed by atoms with van der Waals surface area (Å²) in [5.41, 5.74) is 1.23. The van der Waals surface area contributed by atoms with Gasteiger partial charge in [0, 0.05) is 32.2 Å². The summed E-state index contributed by atoms with van der Waals surface area (Å²) in [7, 11) is 2.10. The van der Waals surface area contributed by atoms with Gasteiger partial charge in [-0.25, -0.2) is 0 Å². The van der Waals surface area contributed by atoms with Crippen molar-refractivity contribution in [3.8, 4) is 0 Å². The number of nitrogens with one attached hydrogen (secondary N) is 1. The number of anilines is 1. The maximum atomic E-state index is 12.1. The number of rotatable bonds is 7. The van der Waals surface area contributed by atoms with E-state index in [-0.39, 0.29) is 5.91 Å². The average molecular weight is 300 g/mol. The van der Waals surface area contributed by atoms with Gasteiger partial charge in [-0.15, -0.1) is 0 Å². The Morgan fingerprint density at radius 3 is 2.73 bits per heavy atom. The minimum Gasteiger partial charge on any atom is -0.375 e. The molecule has 0 aromatic heterocycles. The van der Waals surface area contributed by atoms with Crippen molar-refractivity contribution >= 4 is 11.6 Å². The summed E-state index contributed by atoms with van der Waals surface area (Å²) in [5, 5.41) is 3.11. The fourth-order valence-electron chi connectivity index (χ4n) is 4.29. The van der Waals surface area contributed by atoms with Gasteiger partial charge in [0.2, 0.25) is 5.91 Å². The third-order valence-electron chi connectivity index (χ3n) is 5.52. The van der Waals surface area contributed by atoms with Gasteiger partial charge in [-0.1, -0.05) is 24.6 Å². The lowest BCUT2D eigenvalue weighted by Gasteiger charge is -2.21. The van der Waals surface area contributed by atoms with Gasteiger partial charge < -0.3 is 10.2 Å². The molecule has 0 radical (unpaired) electrons. The Kier molecular flexibility index (Phi) is 5.01. The van der Waals surface area contributed by atoms with Gasteiger partial charge in [0.05, 0.1) is 0 Å². The Balaban J connectivity index is 1.31. The lowest BCUT2D eigenvalue weighted by molar-refractivity contribution is -0.122. The van der Waals surface area contributed by atoms with E-state index >= 15 is 0 Å². The quantitative estimate of drug-likeness (QED) is 0.782. The minimum atomic E-state index is 0.264. The predicted octanol–water partition coefficient (Wildman–Crippen LogP) is 3.46. The van der Waals surface area contributed by atoms with Crippen LogP contribution in [-0.4, -0.2) is 26.0 Å². The van der Waals surface area contributed by atoms with Crippen LogP contribution in [0.25, 0.3) is 0 Å². The van der Waals surface area contributed by atoms with Crippen molar-refractivity contribution < 1.29 is 4.79 Å². The largest absolute Gasteiger partial charge is 0.375 e. The minimum absolute atomic E-state index is 0.264. The van der Waals surface area contributed by atoms with Crippen molar-refractivity contribution in [2.75, 3.05) is 25.0 Å². The van der Waals surface area contributed by atoms with Gasteiger partial charge >= 0.3 is 0 Å². The van der Waals surface area contributed by atoms with Crippen molar-refractivity contribution in [1.29, 1.82) is 0 Å². The molecule has 3 nitrogen and oxygen atoms in total. The number of carbonyl (C=O) groups is 1. The molecule has 2 bridgehead atoms. The molecule has 3 atom stereocenters. The Morgan fingerprint density at radius 1 is 1.23 bits per heavy atom. The molecule has 0 saturated heterocycles. The molecule has 2 fully saturated rings. The summed E-state index contributed by atoms with van der Waals surface area (Å²) in [6.07, 6.45) is 7.22. The maximum Gasteiger partial charge on any atom is 0.220 e. The number of hydrogen-bond donors (Lipinski definition) is 1. The highest BCUT2D eigenvalue weighted by molar-refractivity contribution is 5.76.